The molecule has 1 atom stereocenters. The monoisotopic (exact) mass is 498 g/mol. The summed E-state index contributed by atoms with van der Waals surface area (Å²) in [6.45, 7) is 8.45. The van der Waals surface area contributed by atoms with Crippen LogP contribution in [-0.4, -0.2) is 36.1 Å². The molecule has 1 aliphatic rings. The van der Waals surface area contributed by atoms with Crippen LogP contribution >= 0.6 is 11.6 Å². The molecule has 1 aliphatic heterocycles. The van der Waals surface area contributed by atoms with Crippen molar-refractivity contribution in [2.75, 3.05) is 23.8 Å². The minimum absolute atomic E-state index is 0.188. The van der Waals surface area contributed by atoms with Gasteiger partial charge in [0.25, 0.3) is 0 Å². The first-order valence-corrected chi connectivity index (χ1v) is 12.0. The van der Waals surface area contributed by atoms with Crippen LogP contribution in [0.2, 0.25) is 5.02 Å². The number of halogens is 1. The third kappa shape index (κ3) is 6.76. The molecule has 35 heavy (non-hydrogen) atoms. The summed E-state index contributed by atoms with van der Waals surface area (Å²) in [5.41, 5.74) is 2.85. The summed E-state index contributed by atoms with van der Waals surface area (Å²) in [6.07, 6.45) is 0.752. The van der Waals surface area contributed by atoms with Gasteiger partial charge in [-0.05, 0) is 61.2 Å². The molecular formula is C26H31ClN4O4. The van der Waals surface area contributed by atoms with Gasteiger partial charge in [0, 0.05) is 28.6 Å². The van der Waals surface area contributed by atoms with Crippen LogP contribution in [-0.2, 0) is 9.53 Å². The van der Waals surface area contributed by atoms with Gasteiger partial charge in [0.1, 0.15) is 0 Å². The van der Waals surface area contributed by atoms with E-state index in [0.717, 1.165) is 6.42 Å². The maximum atomic E-state index is 13.0. The predicted molar refractivity (Wildman–Crippen MR) is 137 cm³/mol. The van der Waals surface area contributed by atoms with Crippen LogP contribution in [0, 0.1) is 5.92 Å². The van der Waals surface area contributed by atoms with E-state index in [1.54, 1.807) is 60.4 Å². The molecule has 0 aliphatic carbocycles. The van der Waals surface area contributed by atoms with Crippen LogP contribution in [0.3, 0.4) is 0 Å². The molecule has 0 aromatic heterocycles. The van der Waals surface area contributed by atoms with Crippen molar-refractivity contribution in [1.82, 2.24) is 10.2 Å². The number of hydrogen-bond acceptors (Lipinski definition) is 4. The SMILES string of the molecule is CCCN1C(=O)NC(c2ccc(NC(=O)Nc3ccc(Cl)cc3)cc2)C(C(=O)OCC(C)C)=C1C. The van der Waals surface area contributed by atoms with E-state index < -0.39 is 18.0 Å². The predicted octanol–water partition coefficient (Wildman–Crippen LogP) is 5.93. The van der Waals surface area contributed by atoms with Crippen molar-refractivity contribution in [3.05, 3.63) is 70.4 Å². The van der Waals surface area contributed by atoms with Crippen molar-refractivity contribution >= 4 is 41.0 Å². The minimum Gasteiger partial charge on any atom is -0.462 e. The minimum atomic E-state index is -0.660. The third-order valence-corrected chi connectivity index (χ3v) is 5.67. The quantitative estimate of drug-likeness (QED) is 0.392. The topological polar surface area (TPSA) is 99.8 Å². The smallest absolute Gasteiger partial charge is 0.338 e. The molecule has 0 bridgehead atoms. The highest BCUT2D eigenvalue weighted by Gasteiger charge is 2.36. The highest BCUT2D eigenvalue weighted by atomic mass is 35.5. The highest BCUT2D eigenvalue weighted by Crippen LogP contribution is 2.32. The van der Waals surface area contributed by atoms with E-state index in [-0.39, 0.29) is 18.6 Å². The van der Waals surface area contributed by atoms with Gasteiger partial charge in [0.15, 0.2) is 0 Å². The first-order chi connectivity index (χ1) is 16.7. The molecule has 0 spiro atoms. The van der Waals surface area contributed by atoms with Gasteiger partial charge in [-0.2, -0.15) is 0 Å². The summed E-state index contributed by atoms with van der Waals surface area (Å²) >= 11 is 5.87. The Morgan fingerprint density at radius 3 is 2.17 bits per heavy atom. The largest absolute Gasteiger partial charge is 0.462 e. The lowest BCUT2D eigenvalue weighted by Gasteiger charge is -2.35. The number of benzene rings is 2. The number of nitrogens with one attached hydrogen (secondary N) is 3. The second-order valence-electron chi connectivity index (χ2n) is 8.73. The van der Waals surface area contributed by atoms with Crippen molar-refractivity contribution in [2.45, 2.75) is 40.2 Å². The maximum Gasteiger partial charge on any atom is 0.338 e. The van der Waals surface area contributed by atoms with Crippen LogP contribution in [0.1, 0.15) is 45.7 Å². The fourth-order valence-corrected chi connectivity index (χ4v) is 3.82. The summed E-state index contributed by atoms with van der Waals surface area (Å²) in [4.78, 5) is 39.7. The number of ether oxygens (including phenoxy) is 1. The second-order valence-corrected chi connectivity index (χ2v) is 9.17. The lowest BCUT2D eigenvalue weighted by atomic mass is 9.94. The van der Waals surface area contributed by atoms with E-state index in [1.807, 2.05) is 20.8 Å². The molecule has 2 aromatic rings. The zero-order valence-corrected chi connectivity index (χ0v) is 21.1. The summed E-state index contributed by atoms with van der Waals surface area (Å²) in [6, 6.07) is 12.4. The number of rotatable bonds is 8. The van der Waals surface area contributed by atoms with Crippen molar-refractivity contribution in [2.24, 2.45) is 5.92 Å². The van der Waals surface area contributed by atoms with Crippen molar-refractivity contribution < 1.29 is 19.1 Å². The van der Waals surface area contributed by atoms with Crippen LogP contribution in [0.15, 0.2) is 59.8 Å². The van der Waals surface area contributed by atoms with Crippen LogP contribution in [0.5, 0.6) is 0 Å². The number of carbonyl (C=O) groups is 3. The number of hydrogen-bond donors (Lipinski definition) is 3. The number of amides is 4. The van der Waals surface area contributed by atoms with Gasteiger partial charge in [-0.15, -0.1) is 0 Å². The highest BCUT2D eigenvalue weighted by molar-refractivity contribution is 6.30. The van der Waals surface area contributed by atoms with Gasteiger partial charge in [0.05, 0.1) is 18.2 Å². The molecule has 9 heteroatoms. The molecule has 3 rings (SSSR count). The Bertz CT molecular complexity index is 1100. The second kappa shape index (κ2) is 11.8. The Hall–Kier alpha value is -3.52. The summed E-state index contributed by atoms with van der Waals surface area (Å²) < 4.78 is 5.52. The molecule has 0 saturated carbocycles. The van der Waals surface area contributed by atoms with E-state index in [2.05, 4.69) is 16.0 Å². The number of anilines is 2. The molecule has 8 nitrogen and oxygen atoms in total. The van der Waals surface area contributed by atoms with Gasteiger partial charge < -0.3 is 20.7 Å². The Labute approximate surface area is 210 Å². The molecule has 4 amide bonds. The van der Waals surface area contributed by atoms with E-state index in [9.17, 15) is 14.4 Å². The fourth-order valence-electron chi connectivity index (χ4n) is 3.69. The zero-order chi connectivity index (χ0) is 25.5. The first-order valence-electron chi connectivity index (χ1n) is 11.6. The number of esters is 1. The molecule has 0 saturated heterocycles. The fraction of sp³-hybridized carbons (Fsp3) is 0.346. The molecular weight excluding hydrogens is 468 g/mol. The van der Waals surface area contributed by atoms with Crippen LogP contribution in [0.4, 0.5) is 21.0 Å². The molecule has 0 radical (unpaired) electrons. The average molecular weight is 499 g/mol. The van der Waals surface area contributed by atoms with Gasteiger partial charge in [-0.1, -0.05) is 44.5 Å². The Balaban J connectivity index is 1.79. The van der Waals surface area contributed by atoms with E-state index in [0.29, 0.717) is 39.8 Å². The molecule has 1 unspecified atom stereocenters. The maximum absolute atomic E-state index is 13.0. The summed E-state index contributed by atoms with van der Waals surface area (Å²) in [5, 5.41) is 9.00. The standard InChI is InChI=1S/C26H31ClN4O4/c1-5-14-31-17(4)22(24(32)35-15-16(2)3)23(30-26(31)34)18-6-10-20(11-7-18)28-25(33)29-21-12-8-19(27)9-13-21/h6-13,16,23H,5,14-15H2,1-4H3,(H,30,34)(H2,28,29,33). The third-order valence-electron chi connectivity index (χ3n) is 5.42. The van der Waals surface area contributed by atoms with Crippen LogP contribution in [0.25, 0.3) is 0 Å². The van der Waals surface area contributed by atoms with Gasteiger partial charge in [-0.3, -0.25) is 4.90 Å². The lowest BCUT2D eigenvalue weighted by molar-refractivity contribution is -0.140. The summed E-state index contributed by atoms with van der Waals surface area (Å²) in [5.74, 6) is -0.264. The molecule has 2 aromatic carbocycles. The van der Waals surface area contributed by atoms with Crippen molar-refractivity contribution in [3.8, 4) is 0 Å². The molecule has 3 N–H and O–H groups in total. The lowest BCUT2D eigenvalue weighted by Crippen LogP contribution is -2.48. The number of urea groups is 2. The molecule has 186 valence electrons. The number of nitrogens with zero attached hydrogens (tertiary/aromatic N) is 1. The van der Waals surface area contributed by atoms with Crippen molar-refractivity contribution in [1.29, 1.82) is 0 Å². The first kappa shape index (κ1) is 26.1. The number of carbonyl (C=O) groups excluding carboxylic acids is 3. The summed E-state index contributed by atoms with van der Waals surface area (Å²) in [7, 11) is 0. The van der Waals surface area contributed by atoms with Crippen molar-refractivity contribution in [3.63, 3.8) is 0 Å². The van der Waals surface area contributed by atoms with Gasteiger partial charge >= 0.3 is 18.0 Å². The molecule has 1 heterocycles. The van der Waals surface area contributed by atoms with E-state index in [4.69, 9.17) is 16.3 Å². The van der Waals surface area contributed by atoms with E-state index in [1.165, 1.54) is 0 Å². The van der Waals surface area contributed by atoms with Gasteiger partial charge in [-0.25, -0.2) is 14.4 Å². The average Bonchev–Trinajstić information content (AvgIpc) is 2.82. The Morgan fingerprint density at radius 1 is 1.06 bits per heavy atom. The Kier molecular flexibility index (Phi) is 8.76. The van der Waals surface area contributed by atoms with Crippen LogP contribution < -0.4 is 16.0 Å². The van der Waals surface area contributed by atoms with E-state index >= 15 is 0 Å². The van der Waals surface area contributed by atoms with Gasteiger partial charge in [0.2, 0.25) is 0 Å². The number of allylic oxidation sites excluding steroid dienone is 1. The Morgan fingerprint density at radius 2 is 1.63 bits per heavy atom. The molecule has 0 fully saturated rings. The normalized spacial score (nSPS) is 15.7. The zero-order valence-electron chi connectivity index (χ0n) is 20.4.